The molecule has 0 bridgehead atoms. The highest BCUT2D eigenvalue weighted by Gasteiger charge is 2.34. The van der Waals surface area contributed by atoms with Crippen molar-refractivity contribution in [3.63, 3.8) is 0 Å². The third-order valence-corrected chi connectivity index (χ3v) is 3.79. The van der Waals surface area contributed by atoms with Gasteiger partial charge in [-0.3, -0.25) is 0 Å². The summed E-state index contributed by atoms with van der Waals surface area (Å²) in [4.78, 5) is 13.6. The number of piperidine rings is 1. The number of ether oxygens (including phenoxy) is 1. The molecule has 2 unspecified atom stereocenters. The van der Waals surface area contributed by atoms with Crippen LogP contribution in [-0.2, 0) is 4.74 Å². The minimum atomic E-state index is -0.677. The summed E-state index contributed by atoms with van der Waals surface area (Å²) in [6, 6.07) is 0.375. The number of rotatable bonds is 2. The lowest BCUT2D eigenvalue weighted by Gasteiger charge is -2.39. The van der Waals surface area contributed by atoms with Gasteiger partial charge in [0.25, 0.3) is 0 Å². The molecule has 1 saturated carbocycles. The number of halogens is 1. The molecule has 1 N–H and O–H groups in total. The van der Waals surface area contributed by atoms with Crippen LogP contribution in [0.1, 0.15) is 46.5 Å². The number of nitrogens with one attached hydrogen (secondary N) is 1. The summed E-state index contributed by atoms with van der Waals surface area (Å²) in [5.41, 5.74) is -0.445. The molecule has 1 aliphatic carbocycles. The van der Waals surface area contributed by atoms with Gasteiger partial charge in [-0.25, -0.2) is 9.18 Å². The lowest BCUT2D eigenvalue weighted by atomic mass is 9.89. The van der Waals surface area contributed by atoms with Crippen LogP contribution in [0.3, 0.4) is 0 Å². The summed E-state index contributed by atoms with van der Waals surface area (Å²) in [5.74, 6) is 0. The first-order valence-corrected chi connectivity index (χ1v) is 7.23. The fourth-order valence-electron chi connectivity index (χ4n) is 2.51. The number of hydrogen-bond acceptors (Lipinski definition) is 3. The van der Waals surface area contributed by atoms with Crippen molar-refractivity contribution in [2.45, 2.75) is 70.3 Å². The number of likely N-dealkylation sites (tertiary alicyclic amines) is 1. The highest BCUT2D eigenvalue weighted by Crippen LogP contribution is 2.25. The molecule has 0 radical (unpaired) electrons. The molecule has 110 valence electrons. The molecule has 5 heteroatoms. The van der Waals surface area contributed by atoms with Crippen molar-refractivity contribution in [2.24, 2.45) is 0 Å². The van der Waals surface area contributed by atoms with Crippen LogP contribution in [-0.4, -0.2) is 47.9 Å². The summed E-state index contributed by atoms with van der Waals surface area (Å²) in [7, 11) is 0. The third kappa shape index (κ3) is 4.06. The molecule has 1 saturated heterocycles. The van der Waals surface area contributed by atoms with E-state index in [1.54, 1.807) is 4.90 Å². The zero-order valence-corrected chi connectivity index (χ0v) is 12.1. The maximum atomic E-state index is 13.2. The summed E-state index contributed by atoms with van der Waals surface area (Å²) < 4.78 is 18.5. The van der Waals surface area contributed by atoms with Crippen molar-refractivity contribution in [1.82, 2.24) is 10.2 Å². The molecular weight excluding hydrogens is 247 g/mol. The molecule has 0 aromatic heterocycles. The fraction of sp³-hybridized carbons (Fsp3) is 0.929. The van der Waals surface area contributed by atoms with E-state index in [0.717, 1.165) is 19.3 Å². The highest BCUT2D eigenvalue weighted by molar-refractivity contribution is 5.68. The lowest BCUT2D eigenvalue weighted by Crippen LogP contribution is -2.53. The molecule has 0 aromatic rings. The average molecular weight is 272 g/mol. The number of amides is 1. The van der Waals surface area contributed by atoms with Crippen molar-refractivity contribution in [3.8, 4) is 0 Å². The van der Waals surface area contributed by atoms with E-state index in [4.69, 9.17) is 4.74 Å². The van der Waals surface area contributed by atoms with Crippen LogP contribution in [0.4, 0.5) is 9.18 Å². The molecule has 2 atom stereocenters. The SMILES string of the molecule is CC(C)(C)OC(=O)N1CCC(NC2CCC2F)CC1. The maximum absolute atomic E-state index is 13.2. The van der Waals surface area contributed by atoms with Crippen molar-refractivity contribution in [2.75, 3.05) is 13.1 Å². The van der Waals surface area contributed by atoms with Crippen LogP contribution in [0.5, 0.6) is 0 Å². The third-order valence-electron chi connectivity index (χ3n) is 3.79. The van der Waals surface area contributed by atoms with Crippen LogP contribution in [0.15, 0.2) is 0 Å². The number of carbonyl (C=O) groups is 1. The van der Waals surface area contributed by atoms with E-state index in [9.17, 15) is 9.18 Å². The monoisotopic (exact) mass is 272 g/mol. The second kappa shape index (κ2) is 5.65. The molecule has 2 fully saturated rings. The standard InChI is InChI=1S/C14H25FN2O2/c1-14(2,3)19-13(18)17-8-6-10(7-9-17)16-12-5-4-11(12)15/h10-12,16H,4-9H2,1-3H3. The largest absolute Gasteiger partial charge is 0.444 e. The van der Waals surface area contributed by atoms with E-state index < -0.39 is 11.8 Å². The van der Waals surface area contributed by atoms with Gasteiger partial charge < -0.3 is 15.0 Å². The van der Waals surface area contributed by atoms with E-state index in [1.165, 1.54) is 0 Å². The predicted molar refractivity (Wildman–Crippen MR) is 71.9 cm³/mol. The Bertz CT molecular complexity index is 322. The molecule has 0 spiro atoms. The van der Waals surface area contributed by atoms with Gasteiger partial charge in [0.05, 0.1) is 0 Å². The second-order valence-corrected chi connectivity index (χ2v) is 6.61. The Kier molecular flexibility index (Phi) is 4.33. The molecule has 1 aliphatic heterocycles. The van der Waals surface area contributed by atoms with Crippen LogP contribution in [0.2, 0.25) is 0 Å². The molecule has 4 nitrogen and oxygen atoms in total. The van der Waals surface area contributed by atoms with E-state index >= 15 is 0 Å². The van der Waals surface area contributed by atoms with Gasteiger partial charge in [0.1, 0.15) is 11.8 Å². The first-order valence-electron chi connectivity index (χ1n) is 7.23. The number of nitrogens with zero attached hydrogens (tertiary/aromatic N) is 1. The smallest absolute Gasteiger partial charge is 0.410 e. The van der Waals surface area contributed by atoms with Gasteiger partial charge in [-0.1, -0.05) is 0 Å². The van der Waals surface area contributed by atoms with Crippen LogP contribution >= 0.6 is 0 Å². The first-order chi connectivity index (χ1) is 8.85. The van der Waals surface area contributed by atoms with Gasteiger partial charge in [0.2, 0.25) is 0 Å². The first kappa shape index (κ1) is 14.6. The maximum Gasteiger partial charge on any atom is 0.410 e. The molecular formula is C14H25FN2O2. The highest BCUT2D eigenvalue weighted by atomic mass is 19.1. The van der Waals surface area contributed by atoms with Gasteiger partial charge in [0.15, 0.2) is 0 Å². The number of carbonyl (C=O) groups excluding carboxylic acids is 1. The molecule has 2 rings (SSSR count). The Morgan fingerprint density at radius 1 is 1.21 bits per heavy atom. The van der Waals surface area contributed by atoms with Crippen LogP contribution in [0, 0.1) is 0 Å². The quantitative estimate of drug-likeness (QED) is 0.839. The topological polar surface area (TPSA) is 41.6 Å². The minimum Gasteiger partial charge on any atom is -0.444 e. The van der Waals surface area contributed by atoms with Gasteiger partial charge >= 0.3 is 6.09 Å². The fourth-order valence-corrected chi connectivity index (χ4v) is 2.51. The number of alkyl halides is 1. The van der Waals surface area contributed by atoms with Gasteiger partial charge in [-0.2, -0.15) is 0 Å². The van der Waals surface area contributed by atoms with E-state index in [2.05, 4.69) is 5.32 Å². The molecule has 19 heavy (non-hydrogen) atoms. The normalized spacial score (nSPS) is 28.9. The molecule has 1 heterocycles. The zero-order chi connectivity index (χ0) is 14.0. The van der Waals surface area contributed by atoms with E-state index in [-0.39, 0.29) is 12.1 Å². The lowest BCUT2D eigenvalue weighted by molar-refractivity contribution is 0.0183. The second-order valence-electron chi connectivity index (χ2n) is 6.61. The summed E-state index contributed by atoms with van der Waals surface area (Å²) >= 11 is 0. The Hall–Kier alpha value is -0.840. The van der Waals surface area contributed by atoms with Gasteiger partial charge in [-0.05, 0) is 46.5 Å². The number of hydrogen-bond donors (Lipinski definition) is 1. The Labute approximate surface area is 114 Å². The van der Waals surface area contributed by atoms with Crippen molar-refractivity contribution < 1.29 is 13.9 Å². The van der Waals surface area contributed by atoms with Crippen molar-refractivity contribution in [1.29, 1.82) is 0 Å². The summed E-state index contributed by atoms with van der Waals surface area (Å²) in [5, 5.41) is 3.36. The van der Waals surface area contributed by atoms with E-state index in [0.29, 0.717) is 25.6 Å². The van der Waals surface area contributed by atoms with Crippen LogP contribution in [0.25, 0.3) is 0 Å². The molecule has 0 aromatic carbocycles. The van der Waals surface area contributed by atoms with E-state index in [1.807, 2.05) is 20.8 Å². The Balaban J connectivity index is 1.71. The van der Waals surface area contributed by atoms with Crippen molar-refractivity contribution >= 4 is 6.09 Å². The Morgan fingerprint density at radius 2 is 1.84 bits per heavy atom. The Morgan fingerprint density at radius 3 is 2.26 bits per heavy atom. The average Bonchev–Trinajstić information content (AvgIpc) is 2.33. The van der Waals surface area contributed by atoms with Gasteiger partial charge in [-0.15, -0.1) is 0 Å². The molecule has 1 amide bonds. The van der Waals surface area contributed by atoms with Crippen LogP contribution < -0.4 is 5.32 Å². The minimum absolute atomic E-state index is 0.0399. The summed E-state index contributed by atoms with van der Waals surface area (Å²) in [6.45, 7) is 7.00. The van der Waals surface area contributed by atoms with Gasteiger partial charge in [0, 0.05) is 25.2 Å². The van der Waals surface area contributed by atoms with Crippen molar-refractivity contribution in [3.05, 3.63) is 0 Å². The predicted octanol–water partition coefficient (Wildman–Crippen LogP) is 2.48. The zero-order valence-electron chi connectivity index (χ0n) is 12.1. The molecule has 2 aliphatic rings. The summed E-state index contributed by atoms with van der Waals surface area (Å²) in [6.07, 6.45) is 2.47.